The summed E-state index contributed by atoms with van der Waals surface area (Å²) in [6.07, 6.45) is 2.53. The predicted octanol–water partition coefficient (Wildman–Crippen LogP) is 2.95. The molecule has 1 nitrogen and oxygen atoms in total. The summed E-state index contributed by atoms with van der Waals surface area (Å²) in [6, 6.07) is 0. The van der Waals surface area contributed by atoms with E-state index in [-0.39, 0.29) is 0 Å². The molecule has 1 fully saturated rings. The lowest BCUT2D eigenvalue weighted by Crippen LogP contribution is -2.59. The molecule has 12 heavy (non-hydrogen) atoms. The Labute approximate surface area is 76.9 Å². The summed E-state index contributed by atoms with van der Waals surface area (Å²) >= 11 is 0. The molecule has 0 radical (unpaired) electrons. The van der Waals surface area contributed by atoms with Gasteiger partial charge in [0.2, 0.25) is 0 Å². The van der Waals surface area contributed by atoms with E-state index in [1.54, 1.807) is 0 Å². The van der Waals surface area contributed by atoms with Crippen molar-refractivity contribution in [3.8, 4) is 0 Å². The molecule has 1 N–H and O–H groups in total. The molecule has 0 aromatic rings. The van der Waals surface area contributed by atoms with Crippen LogP contribution in [0.3, 0.4) is 0 Å². The standard InChI is InChI=1S/C11H23N/c1-9(2)7-10(3,4)12-11(5,6)8-9/h12H,7-8H2,1-6H3. The van der Waals surface area contributed by atoms with Crippen LogP contribution in [0.2, 0.25) is 0 Å². The normalized spacial score (nSPS) is 31.5. The molecule has 1 heteroatoms. The van der Waals surface area contributed by atoms with Crippen molar-refractivity contribution in [2.45, 2.75) is 65.5 Å². The predicted molar refractivity (Wildman–Crippen MR) is 54.3 cm³/mol. The van der Waals surface area contributed by atoms with Crippen LogP contribution in [-0.2, 0) is 0 Å². The van der Waals surface area contributed by atoms with E-state index in [0.717, 1.165) is 0 Å². The zero-order valence-electron chi connectivity index (χ0n) is 9.41. The van der Waals surface area contributed by atoms with E-state index in [0.29, 0.717) is 16.5 Å². The van der Waals surface area contributed by atoms with Crippen LogP contribution >= 0.6 is 0 Å². The lowest BCUT2D eigenvalue weighted by atomic mass is 9.68. The second kappa shape index (κ2) is 2.47. The second-order valence-corrected chi connectivity index (χ2v) is 6.41. The molecule has 1 heterocycles. The molecule has 1 aliphatic rings. The summed E-state index contributed by atoms with van der Waals surface area (Å²) in [5, 5.41) is 3.69. The SMILES string of the molecule is CC1(C)CC(C)(C)NC(C)(C)C1. The lowest BCUT2D eigenvalue weighted by molar-refractivity contribution is 0.0741. The third-order valence-corrected chi connectivity index (χ3v) is 2.52. The van der Waals surface area contributed by atoms with Crippen molar-refractivity contribution in [2.75, 3.05) is 0 Å². The topological polar surface area (TPSA) is 12.0 Å². The summed E-state index contributed by atoms with van der Waals surface area (Å²) in [4.78, 5) is 0. The summed E-state index contributed by atoms with van der Waals surface area (Å²) in [5.74, 6) is 0. The number of hydrogen-bond donors (Lipinski definition) is 1. The minimum absolute atomic E-state index is 0.297. The zero-order valence-corrected chi connectivity index (χ0v) is 9.41. The molecule has 0 atom stereocenters. The average Bonchev–Trinajstić information content (AvgIpc) is 1.44. The molecular formula is C11H23N. The van der Waals surface area contributed by atoms with Crippen molar-refractivity contribution in [1.82, 2.24) is 5.32 Å². The Hall–Kier alpha value is -0.0400. The fourth-order valence-corrected chi connectivity index (χ4v) is 3.46. The molecule has 72 valence electrons. The molecule has 0 amide bonds. The van der Waals surface area contributed by atoms with E-state index in [1.165, 1.54) is 12.8 Å². The monoisotopic (exact) mass is 169 g/mol. The van der Waals surface area contributed by atoms with Gasteiger partial charge in [0.15, 0.2) is 0 Å². The molecule has 0 spiro atoms. The minimum Gasteiger partial charge on any atom is -0.307 e. The van der Waals surface area contributed by atoms with Gasteiger partial charge in [0, 0.05) is 11.1 Å². The highest BCUT2D eigenvalue weighted by atomic mass is 15.1. The van der Waals surface area contributed by atoms with Crippen molar-refractivity contribution < 1.29 is 0 Å². The van der Waals surface area contributed by atoms with Crippen molar-refractivity contribution in [1.29, 1.82) is 0 Å². The summed E-state index contributed by atoms with van der Waals surface area (Å²) < 4.78 is 0. The van der Waals surface area contributed by atoms with Gasteiger partial charge in [0.1, 0.15) is 0 Å². The van der Waals surface area contributed by atoms with E-state index in [4.69, 9.17) is 0 Å². The maximum absolute atomic E-state index is 3.69. The van der Waals surface area contributed by atoms with Gasteiger partial charge in [0.05, 0.1) is 0 Å². The Bertz CT molecular complexity index is 132. The van der Waals surface area contributed by atoms with Gasteiger partial charge in [-0.15, -0.1) is 0 Å². The first-order valence-corrected chi connectivity index (χ1v) is 4.91. The van der Waals surface area contributed by atoms with Crippen LogP contribution in [0.5, 0.6) is 0 Å². The van der Waals surface area contributed by atoms with Crippen LogP contribution in [-0.4, -0.2) is 11.1 Å². The third kappa shape index (κ3) is 2.48. The number of piperidine rings is 1. The van der Waals surface area contributed by atoms with Gasteiger partial charge < -0.3 is 5.32 Å². The Kier molecular flexibility index (Phi) is 2.07. The van der Waals surface area contributed by atoms with Gasteiger partial charge in [-0.2, -0.15) is 0 Å². The first-order valence-electron chi connectivity index (χ1n) is 4.91. The van der Waals surface area contributed by atoms with Crippen LogP contribution in [0.15, 0.2) is 0 Å². The first-order chi connectivity index (χ1) is 5.12. The maximum Gasteiger partial charge on any atom is 0.0135 e. The number of rotatable bonds is 0. The van der Waals surface area contributed by atoms with Crippen molar-refractivity contribution in [3.05, 3.63) is 0 Å². The van der Waals surface area contributed by atoms with Gasteiger partial charge in [-0.05, 0) is 46.0 Å². The number of nitrogens with one attached hydrogen (secondary N) is 1. The first kappa shape index (κ1) is 10.0. The van der Waals surface area contributed by atoms with E-state index in [9.17, 15) is 0 Å². The van der Waals surface area contributed by atoms with Crippen LogP contribution < -0.4 is 5.32 Å². The van der Waals surface area contributed by atoms with Crippen molar-refractivity contribution in [2.24, 2.45) is 5.41 Å². The third-order valence-electron chi connectivity index (χ3n) is 2.52. The van der Waals surface area contributed by atoms with Crippen LogP contribution in [0, 0.1) is 5.41 Å². The smallest absolute Gasteiger partial charge is 0.0135 e. The second-order valence-electron chi connectivity index (χ2n) is 6.41. The van der Waals surface area contributed by atoms with Gasteiger partial charge in [-0.25, -0.2) is 0 Å². The van der Waals surface area contributed by atoms with Crippen LogP contribution in [0.4, 0.5) is 0 Å². The number of hydrogen-bond acceptors (Lipinski definition) is 1. The average molecular weight is 169 g/mol. The molecule has 0 unspecified atom stereocenters. The largest absolute Gasteiger partial charge is 0.307 e. The van der Waals surface area contributed by atoms with Crippen molar-refractivity contribution in [3.63, 3.8) is 0 Å². The van der Waals surface area contributed by atoms with Crippen LogP contribution in [0.25, 0.3) is 0 Å². The van der Waals surface area contributed by atoms with Gasteiger partial charge in [-0.1, -0.05) is 13.8 Å². The van der Waals surface area contributed by atoms with E-state index in [1.807, 2.05) is 0 Å². The Morgan fingerprint density at radius 1 is 0.750 bits per heavy atom. The highest BCUT2D eigenvalue weighted by molar-refractivity contribution is 5.00. The van der Waals surface area contributed by atoms with Crippen LogP contribution in [0.1, 0.15) is 54.4 Å². The highest BCUT2D eigenvalue weighted by Gasteiger charge is 2.41. The molecule has 0 saturated carbocycles. The van der Waals surface area contributed by atoms with Gasteiger partial charge >= 0.3 is 0 Å². The molecule has 1 aliphatic heterocycles. The fraction of sp³-hybridized carbons (Fsp3) is 1.00. The van der Waals surface area contributed by atoms with Gasteiger partial charge in [-0.3, -0.25) is 0 Å². The van der Waals surface area contributed by atoms with Crippen molar-refractivity contribution >= 4 is 0 Å². The highest BCUT2D eigenvalue weighted by Crippen LogP contribution is 2.41. The molecular weight excluding hydrogens is 146 g/mol. The Balaban J connectivity index is 2.81. The summed E-state index contributed by atoms with van der Waals surface area (Å²) in [7, 11) is 0. The van der Waals surface area contributed by atoms with E-state index < -0.39 is 0 Å². The summed E-state index contributed by atoms with van der Waals surface area (Å²) in [5.41, 5.74) is 1.08. The maximum atomic E-state index is 3.69. The summed E-state index contributed by atoms with van der Waals surface area (Å²) in [6.45, 7) is 13.9. The molecule has 1 rings (SSSR count). The lowest BCUT2D eigenvalue weighted by Gasteiger charge is -2.50. The molecule has 0 aliphatic carbocycles. The molecule has 0 aromatic carbocycles. The van der Waals surface area contributed by atoms with Gasteiger partial charge in [0.25, 0.3) is 0 Å². The zero-order chi connectivity index (χ0) is 9.62. The fourth-order valence-electron chi connectivity index (χ4n) is 3.46. The quantitative estimate of drug-likeness (QED) is 0.588. The van der Waals surface area contributed by atoms with E-state index in [2.05, 4.69) is 46.9 Å². The molecule has 1 saturated heterocycles. The minimum atomic E-state index is 0.297. The Morgan fingerprint density at radius 2 is 1.08 bits per heavy atom. The Morgan fingerprint density at radius 3 is 1.33 bits per heavy atom. The molecule has 0 aromatic heterocycles. The molecule has 0 bridgehead atoms. The van der Waals surface area contributed by atoms with E-state index >= 15 is 0 Å².